The monoisotopic (exact) mass is 350 g/mol. The second-order valence-corrected chi connectivity index (χ2v) is 6.73. The minimum Gasteiger partial charge on any atom is -0.353 e. The zero-order valence-corrected chi connectivity index (χ0v) is 13.7. The number of halogens is 1. The molecule has 2 amide bonds. The summed E-state index contributed by atoms with van der Waals surface area (Å²) < 4.78 is 0. The molecule has 1 aliphatic rings. The van der Waals surface area contributed by atoms with Crippen LogP contribution in [0.4, 0.5) is 0 Å². The predicted octanol–water partition coefficient (Wildman–Crippen LogP) is 2.08. The van der Waals surface area contributed by atoms with Crippen LogP contribution in [0.2, 0.25) is 5.15 Å². The molecule has 23 heavy (non-hydrogen) atoms. The third-order valence-corrected chi connectivity index (χ3v) is 4.72. The Morgan fingerprint density at radius 2 is 2.26 bits per heavy atom. The van der Waals surface area contributed by atoms with Gasteiger partial charge in [-0.3, -0.25) is 9.59 Å². The van der Waals surface area contributed by atoms with Gasteiger partial charge in [0.15, 0.2) is 0 Å². The van der Waals surface area contributed by atoms with E-state index in [0.29, 0.717) is 22.6 Å². The molecule has 0 bridgehead atoms. The van der Waals surface area contributed by atoms with Gasteiger partial charge < -0.3 is 15.6 Å². The van der Waals surface area contributed by atoms with Crippen molar-refractivity contribution in [2.75, 3.05) is 13.1 Å². The number of nitrogens with zero attached hydrogens (tertiary/aromatic N) is 1. The van der Waals surface area contributed by atoms with Crippen molar-refractivity contribution in [2.24, 2.45) is 0 Å². The first-order chi connectivity index (χ1) is 11.1. The van der Waals surface area contributed by atoms with Crippen LogP contribution in [0.25, 0.3) is 10.9 Å². The van der Waals surface area contributed by atoms with Crippen molar-refractivity contribution >= 4 is 46.1 Å². The molecule has 8 heteroatoms. The molecule has 1 unspecified atom stereocenters. The predicted molar refractivity (Wildman–Crippen MR) is 91.6 cm³/mol. The lowest BCUT2D eigenvalue weighted by molar-refractivity contribution is -0.120. The molecule has 3 N–H and O–H groups in total. The largest absolute Gasteiger partial charge is 0.353 e. The van der Waals surface area contributed by atoms with E-state index in [1.54, 1.807) is 30.1 Å². The Kier molecular flexibility index (Phi) is 4.88. The number of aromatic amines is 1. The smallest absolute Gasteiger partial charge is 0.268 e. The zero-order chi connectivity index (χ0) is 16.2. The van der Waals surface area contributed by atoms with Gasteiger partial charge in [-0.15, -0.1) is 11.8 Å². The number of aromatic nitrogens is 2. The summed E-state index contributed by atoms with van der Waals surface area (Å²) in [7, 11) is 0. The zero-order valence-electron chi connectivity index (χ0n) is 12.1. The Bertz CT molecular complexity index is 766. The lowest BCUT2D eigenvalue weighted by Crippen LogP contribution is -2.39. The Morgan fingerprint density at radius 1 is 1.39 bits per heavy atom. The lowest BCUT2D eigenvalue weighted by Gasteiger charge is -2.10. The first kappa shape index (κ1) is 15.9. The van der Waals surface area contributed by atoms with Gasteiger partial charge in [0, 0.05) is 17.2 Å². The highest BCUT2D eigenvalue weighted by atomic mass is 35.5. The number of amides is 2. The Hall–Kier alpha value is -1.99. The summed E-state index contributed by atoms with van der Waals surface area (Å²) in [6.07, 6.45) is 4.61. The normalized spacial score (nSPS) is 16.7. The maximum atomic E-state index is 12.1. The topological polar surface area (TPSA) is 86.9 Å². The number of allylic oxidation sites excluding steroid dienone is 1. The van der Waals surface area contributed by atoms with Crippen molar-refractivity contribution in [1.82, 2.24) is 20.6 Å². The fourth-order valence-electron chi connectivity index (χ4n) is 2.23. The molecule has 0 fully saturated rings. The highest BCUT2D eigenvalue weighted by molar-refractivity contribution is 8.03. The van der Waals surface area contributed by atoms with Crippen molar-refractivity contribution in [2.45, 2.75) is 11.7 Å². The number of nitrogens with one attached hydrogen (secondary N) is 3. The summed E-state index contributed by atoms with van der Waals surface area (Å²) in [5.41, 5.74) is 1.09. The van der Waals surface area contributed by atoms with Crippen LogP contribution in [0.15, 0.2) is 29.8 Å². The summed E-state index contributed by atoms with van der Waals surface area (Å²) in [5.74, 6) is -0.545. The van der Waals surface area contributed by atoms with E-state index in [9.17, 15) is 9.59 Å². The van der Waals surface area contributed by atoms with Crippen molar-refractivity contribution in [1.29, 1.82) is 0 Å². The summed E-state index contributed by atoms with van der Waals surface area (Å²) in [4.78, 5) is 30.7. The molecule has 3 heterocycles. The second kappa shape index (κ2) is 7.06. The first-order valence-electron chi connectivity index (χ1n) is 7.11. The van der Waals surface area contributed by atoms with Gasteiger partial charge in [-0.05, 0) is 24.0 Å². The minimum absolute atomic E-state index is 0.0575. The van der Waals surface area contributed by atoms with E-state index in [1.807, 2.05) is 5.41 Å². The number of hydrogen-bond acceptors (Lipinski definition) is 4. The van der Waals surface area contributed by atoms with Crippen LogP contribution in [-0.4, -0.2) is 40.1 Å². The second-order valence-electron chi connectivity index (χ2n) is 5.13. The molecule has 0 aliphatic carbocycles. The molecule has 0 spiro atoms. The van der Waals surface area contributed by atoms with Crippen molar-refractivity contribution in [3.05, 3.63) is 40.7 Å². The molecule has 1 aliphatic heterocycles. The van der Waals surface area contributed by atoms with Gasteiger partial charge in [-0.1, -0.05) is 17.7 Å². The summed E-state index contributed by atoms with van der Waals surface area (Å²) in [5, 5.41) is 8.99. The number of rotatable bonds is 5. The minimum atomic E-state index is -0.343. The van der Waals surface area contributed by atoms with E-state index in [1.165, 1.54) is 0 Å². The average Bonchev–Trinajstić information content (AvgIpc) is 3.19. The molecule has 0 radical (unpaired) electrons. The van der Waals surface area contributed by atoms with Crippen LogP contribution >= 0.6 is 23.4 Å². The maximum absolute atomic E-state index is 12.1. The van der Waals surface area contributed by atoms with Crippen molar-refractivity contribution in [3.8, 4) is 0 Å². The van der Waals surface area contributed by atoms with E-state index < -0.39 is 0 Å². The van der Waals surface area contributed by atoms with Gasteiger partial charge in [0.1, 0.15) is 10.8 Å². The van der Waals surface area contributed by atoms with Crippen LogP contribution in [0.3, 0.4) is 0 Å². The van der Waals surface area contributed by atoms with Crippen LogP contribution in [0, 0.1) is 0 Å². The summed E-state index contributed by atoms with van der Waals surface area (Å²) in [6, 6.07) is 3.35. The van der Waals surface area contributed by atoms with Crippen LogP contribution in [-0.2, 0) is 4.79 Å². The Labute approximate surface area is 142 Å². The maximum Gasteiger partial charge on any atom is 0.268 e. The lowest BCUT2D eigenvalue weighted by atomic mass is 10.3. The average molecular weight is 351 g/mol. The van der Waals surface area contributed by atoms with Gasteiger partial charge in [-0.2, -0.15) is 0 Å². The summed E-state index contributed by atoms with van der Waals surface area (Å²) >= 11 is 7.52. The SMILES string of the molecule is O=C(CNC(=O)c1cc2cc(Cl)ncc2[nH]1)NCC1CC=CS1. The van der Waals surface area contributed by atoms with E-state index in [-0.39, 0.29) is 18.4 Å². The Morgan fingerprint density at radius 3 is 3.04 bits per heavy atom. The van der Waals surface area contributed by atoms with E-state index in [2.05, 4.69) is 26.7 Å². The molecule has 1 atom stereocenters. The fraction of sp³-hybridized carbons (Fsp3) is 0.267. The fourth-order valence-corrected chi connectivity index (χ4v) is 3.25. The number of carbonyl (C=O) groups is 2. The molecule has 6 nitrogen and oxygen atoms in total. The highest BCUT2D eigenvalue weighted by Crippen LogP contribution is 2.22. The quantitative estimate of drug-likeness (QED) is 0.720. The number of pyridine rings is 1. The van der Waals surface area contributed by atoms with Gasteiger partial charge in [0.25, 0.3) is 5.91 Å². The van der Waals surface area contributed by atoms with E-state index in [4.69, 9.17) is 11.6 Å². The standard InChI is InChI=1S/C15H15ClN4O2S/c16-13-5-9-4-11(20-12(9)7-17-13)15(22)19-8-14(21)18-6-10-2-1-3-23-10/h1,3-5,7,10,20H,2,6,8H2,(H,18,21)(H,19,22). The Balaban J connectivity index is 1.50. The van der Waals surface area contributed by atoms with Crippen LogP contribution < -0.4 is 10.6 Å². The number of carbonyl (C=O) groups excluding carboxylic acids is 2. The van der Waals surface area contributed by atoms with Crippen LogP contribution in [0.5, 0.6) is 0 Å². The van der Waals surface area contributed by atoms with Gasteiger partial charge in [0.2, 0.25) is 5.91 Å². The molecule has 2 aromatic rings. The van der Waals surface area contributed by atoms with E-state index >= 15 is 0 Å². The van der Waals surface area contributed by atoms with E-state index in [0.717, 1.165) is 17.3 Å². The first-order valence-corrected chi connectivity index (χ1v) is 8.43. The molecular formula is C15H15ClN4O2S. The van der Waals surface area contributed by atoms with Gasteiger partial charge in [0.05, 0.1) is 18.3 Å². The summed E-state index contributed by atoms with van der Waals surface area (Å²) in [6.45, 7) is 0.543. The van der Waals surface area contributed by atoms with Crippen molar-refractivity contribution < 1.29 is 9.59 Å². The highest BCUT2D eigenvalue weighted by Gasteiger charge is 2.14. The van der Waals surface area contributed by atoms with Gasteiger partial charge >= 0.3 is 0 Å². The molecule has 0 saturated carbocycles. The van der Waals surface area contributed by atoms with Gasteiger partial charge in [-0.25, -0.2) is 4.98 Å². The third kappa shape index (κ3) is 4.05. The molecule has 0 aromatic carbocycles. The number of thioether (sulfide) groups is 1. The molecule has 2 aromatic heterocycles. The molecule has 0 saturated heterocycles. The molecule has 3 rings (SSSR count). The van der Waals surface area contributed by atoms with Crippen molar-refractivity contribution in [3.63, 3.8) is 0 Å². The molecule has 120 valence electrons. The number of fused-ring (bicyclic) bond motifs is 1. The molecular weight excluding hydrogens is 336 g/mol. The number of hydrogen-bond donors (Lipinski definition) is 3. The third-order valence-electron chi connectivity index (χ3n) is 3.42. The van der Waals surface area contributed by atoms with Crippen LogP contribution in [0.1, 0.15) is 16.9 Å². The number of H-pyrrole nitrogens is 1.